The SMILES string of the molecule is CCNCc1cc(Cl)c(OCC(O)(CC)CC)c(OC)c1. The van der Waals surface area contributed by atoms with Gasteiger partial charge in [-0.1, -0.05) is 32.4 Å². The normalized spacial score (nSPS) is 11.5. The molecule has 0 aliphatic carbocycles. The second kappa shape index (κ2) is 8.47. The average molecular weight is 316 g/mol. The van der Waals surface area contributed by atoms with Gasteiger partial charge >= 0.3 is 0 Å². The summed E-state index contributed by atoms with van der Waals surface area (Å²) in [7, 11) is 1.58. The van der Waals surface area contributed by atoms with Gasteiger partial charge in [-0.05, 0) is 37.1 Å². The van der Waals surface area contributed by atoms with Crippen molar-refractivity contribution in [1.29, 1.82) is 0 Å². The van der Waals surface area contributed by atoms with Gasteiger partial charge in [0.2, 0.25) is 0 Å². The zero-order valence-corrected chi connectivity index (χ0v) is 14.1. The third-order valence-corrected chi connectivity index (χ3v) is 3.95. The molecule has 0 spiro atoms. The summed E-state index contributed by atoms with van der Waals surface area (Å²) >= 11 is 6.29. The Balaban J connectivity index is 2.91. The number of methoxy groups -OCH3 is 1. The summed E-state index contributed by atoms with van der Waals surface area (Å²) < 4.78 is 11.1. The molecule has 0 heterocycles. The molecule has 0 radical (unpaired) electrons. The molecule has 21 heavy (non-hydrogen) atoms. The predicted molar refractivity (Wildman–Crippen MR) is 86.4 cm³/mol. The van der Waals surface area contributed by atoms with E-state index in [1.165, 1.54) is 0 Å². The Labute approximate surface area is 132 Å². The molecule has 1 aromatic rings. The van der Waals surface area contributed by atoms with Gasteiger partial charge in [-0.25, -0.2) is 0 Å². The molecule has 120 valence electrons. The van der Waals surface area contributed by atoms with Crippen LogP contribution in [0.15, 0.2) is 12.1 Å². The van der Waals surface area contributed by atoms with Crippen LogP contribution in [-0.2, 0) is 6.54 Å². The summed E-state index contributed by atoms with van der Waals surface area (Å²) in [6, 6.07) is 3.76. The van der Waals surface area contributed by atoms with Gasteiger partial charge in [0, 0.05) is 6.54 Å². The molecular formula is C16H26ClNO3. The highest BCUT2D eigenvalue weighted by Gasteiger charge is 2.24. The van der Waals surface area contributed by atoms with Crippen molar-refractivity contribution in [2.75, 3.05) is 20.3 Å². The van der Waals surface area contributed by atoms with E-state index in [1.807, 2.05) is 32.9 Å². The van der Waals surface area contributed by atoms with Crippen LogP contribution in [0.1, 0.15) is 39.2 Å². The minimum atomic E-state index is -0.837. The molecule has 0 fully saturated rings. The minimum absolute atomic E-state index is 0.197. The number of hydrogen-bond acceptors (Lipinski definition) is 4. The Kier molecular flexibility index (Phi) is 7.29. The summed E-state index contributed by atoms with van der Waals surface area (Å²) in [4.78, 5) is 0. The second-order valence-electron chi connectivity index (χ2n) is 5.11. The second-order valence-corrected chi connectivity index (χ2v) is 5.52. The van der Waals surface area contributed by atoms with Crippen LogP contribution in [0.5, 0.6) is 11.5 Å². The van der Waals surface area contributed by atoms with E-state index in [4.69, 9.17) is 21.1 Å². The molecule has 0 unspecified atom stereocenters. The number of ether oxygens (including phenoxy) is 2. The maximum atomic E-state index is 10.3. The summed E-state index contributed by atoms with van der Waals surface area (Å²) in [5, 5.41) is 14.0. The van der Waals surface area contributed by atoms with Crippen molar-refractivity contribution in [1.82, 2.24) is 5.32 Å². The molecule has 4 nitrogen and oxygen atoms in total. The first kappa shape index (κ1) is 18.1. The first-order valence-corrected chi connectivity index (χ1v) is 7.79. The van der Waals surface area contributed by atoms with Crippen molar-refractivity contribution in [2.24, 2.45) is 0 Å². The summed E-state index contributed by atoms with van der Waals surface area (Å²) in [6.45, 7) is 7.73. The molecular weight excluding hydrogens is 290 g/mol. The van der Waals surface area contributed by atoms with Crippen LogP contribution in [0.3, 0.4) is 0 Å². The molecule has 0 atom stereocenters. The molecule has 1 aromatic carbocycles. The number of rotatable bonds is 9. The molecule has 0 aliphatic heterocycles. The molecule has 0 amide bonds. The van der Waals surface area contributed by atoms with E-state index < -0.39 is 5.60 Å². The van der Waals surface area contributed by atoms with Crippen LogP contribution in [-0.4, -0.2) is 31.0 Å². The van der Waals surface area contributed by atoms with Gasteiger partial charge in [-0.15, -0.1) is 0 Å². The number of hydrogen-bond donors (Lipinski definition) is 2. The number of aliphatic hydroxyl groups is 1. The van der Waals surface area contributed by atoms with Crippen molar-refractivity contribution in [3.8, 4) is 11.5 Å². The van der Waals surface area contributed by atoms with Crippen molar-refractivity contribution in [2.45, 2.75) is 45.8 Å². The lowest BCUT2D eigenvalue weighted by atomic mass is 9.99. The smallest absolute Gasteiger partial charge is 0.179 e. The van der Waals surface area contributed by atoms with Crippen molar-refractivity contribution < 1.29 is 14.6 Å². The molecule has 1 rings (SSSR count). The Morgan fingerprint density at radius 1 is 1.24 bits per heavy atom. The quantitative estimate of drug-likeness (QED) is 0.733. The number of halogens is 1. The van der Waals surface area contributed by atoms with Crippen molar-refractivity contribution in [3.05, 3.63) is 22.7 Å². The predicted octanol–water partition coefficient (Wildman–Crippen LogP) is 3.39. The van der Waals surface area contributed by atoms with E-state index in [9.17, 15) is 5.11 Å². The molecule has 5 heteroatoms. The van der Waals surface area contributed by atoms with Crippen molar-refractivity contribution in [3.63, 3.8) is 0 Å². The van der Waals surface area contributed by atoms with Crippen LogP contribution in [0.2, 0.25) is 5.02 Å². The maximum Gasteiger partial charge on any atom is 0.179 e. The average Bonchev–Trinajstić information content (AvgIpc) is 2.50. The van der Waals surface area contributed by atoms with Crippen LogP contribution >= 0.6 is 11.6 Å². The largest absolute Gasteiger partial charge is 0.493 e. The van der Waals surface area contributed by atoms with E-state index in [0.29, 0.717) is 29.4 Å². The van der Waals surface area contributed by atoms with Crippen LogP contribution in [0.25, 0.3) is 0 Å². The fraction of sp³-hybridized carbons (Fsp3) is 0.625. The third-order valence-electron chi connectivity index (χ3n) is 3.67. The Morgan fingerprint density at radius 2 is 1.90 bits per heavy atom. The summed E-state index contributed by atoms with van der Waals surface area (Å²) in [5.41, 5.74) is 0.198. The molecule has 0 bridgehead atoms. The lowest BCUT2D eigenvalue weighted by molar-refractivity contribution is -0.0119. The van der Waals surface area contributed by atoms with E-state index in [2.05, 4.69) is 5.32 Å². The molecule has 2 N–H and O–H groups in total. The number of nitrogens with one attached hydrogen (secondary N) is 1. The van der Waals surface area contributed by atoms with Gasteiger partial charge in [0.25, 0.3) is 0 Å². The molecule has 0 saturated heterocycles. The van der Waals surface area contributed by atoms with Gasteiger partial charge < -0.3 is 19.9 Å². The van der Waals surface area contributed by atoms with Crippen LogP contribution in [0, 0.1) is 0 Å². The van der Waals surface area contributed by atoms with E-state index in [1.54, 1.807) is 7.11 Å². The third kappa shape index (κ3) is 5.06. The summed E-state index contributed by atoms with van der Waals surface area (Å²) in [6.07, 6.45) is 1.25. The molecule has 0 aromatic heterocycles. The lowest BCUT2D eigenvalue weighted by Crippen LogP contribution is -2.34. The highest BCUT2D eigenvalue weighted by molar-refractivity contribution is 6.32. The van der Waals surface area contributed by atoms with Gasteiger partial charge in [0.15, 0.2) is 11.5 Å². The molecule has 0 saturated carbocycles. The zero-order chi connectivity index (χ0) is 15.9. The van der Waals surface area contributed by atoms with Crippen LogP contribution < -0.4 is 14.8 Å². The van der Waals surface area contributed by atoms with Gasteiger partial charge in [-0.2, -0.15) is 0 Å². The van der Waals surface area contributed by atoms with Gasteiger partial charge in [-0.3, -0.25) is 0 Å². The van der Waals surface area contributed by atoms with E-state index in [-0.39, 0.29) is 6.61 Å². The van der Waals surface area contributed by atoms with Gasteiger partial charge in [0.05, 0.1) is 17.7 Å². The number of benzene rings is 1. The monoisotopic (exact) mass is 315 g/mol. The Morgan fingerprint density at radius 3 is 2.43 bits per heavy atom. The van der Waals surface area contributed by atoms with Gasteiger partial charge in [0.1, 0.15) is 6.61 Å². The fourth-order valence-electron chi connectivity index (χ4n) is 1.95. The lowest BCUT2D eigenvalue weighted by Gasteiger charge is -2.26. The van der Waals surface area contributed by atoms with E-state index >= 15 is 0 Å². The minimum Gasteiger partial charge on any atom is -0.493 e. The topological polar surface area (TPSA) is 50.7 Å². The summed E-state index contributed by atoms with van der Waals surface area (Å²) in [5.74, 6) is 1.07. The Bertz CT molecular complexity index is 447. The highest BCUT2D eigenvalue weighted by atomic mass is 35.5. The standard InChI is InChI=1S/C16H26ClNO3/c1-5-16(19,6-2)11-21-15-13(17)8-12(10-18-7-3)9-14(15)20-4/h8-9,18-19H,5-7,10-11H2,1-4H3. The van der Waals surface area contributed by atoms with Crippen molar-refractivity contribution >= 4 is 11.6 Å². The van der Waals surface area contributed by atoms with E-state index in [0.717, 1.165) is 18.7 Å². The highest BCUT2D eigenvalue weighted by Crippen LogP contribution is 2.37. The zero-order valence-electron chi connectivity index (χ0n) is 13.3. The maximum absolute atomic E-state index is 10.3. The fourth-order valence-corrected chi connectivity index (χ4v) is 2.23. The van der Waals surface area contributed by atoms with Crippen LogP contribution in [0.4, 0.5) is 0 Å². The molecule has 0 aliphatic rings. The first-order chi connectivity index (χ1) is 9.99. The Hall–Kier alpha value is -0.970. The first-order valence-electron chi connectivity index (χ1n) is 7.42.